The lowest BCUT2D eigenvalue weighted by Crippen LogP contribution is -2.45. The number of benzene rings is 2. The molecule has 1 atom stereocenters. The molecule has 2 heterocycles. The zero-order chi connectivity index (χ0) is 20.2. The van der Waals surface area contributed by atoms with Gasteiger partial charge in [0.05, 0.1) is 12.3 Å². The zero-order valence-electron chi connectivity index (χ0n) is 16.2. The summed E-state index contributed by atoms with van der Waals surface area (Å²) in [5.41, 5.74) is 3.04. The lowest BCUT2D eigenvalue weighted by atomic mass is 9.96. The number of nitrogens with zero attached hydrogens (tertiary/aromatic N) is 1. The van der Waals surface area contributed by atoms with Crippen molar-refractivity contribution in [3.63, 3.8) is 0 Å². The Morgan fingerprint density at radius 2 is 1.93 bits per heavy atom. The molecule has 2 N–H and O–H groups in total. The average Bonchev–Trinajstić information content (AvgIpc) is 3.16. The Kier molecular flexibility index (Phi) is 5.86. The molecule has 0 radical (unpaired) electrons. The molecule has 0 spiro atoms. The molecule has 1 aliphatic rings. The molecule has 1 fully saturated rings. The average molecular weight is 410 g/mol. The minimum Gasteiger partial charge on any atom is -0.361 e. The van der Waals surface area contributed by atoms with E-state index in [1.165, 1.54) is 0 Å². The Morgan fingerprint density at radius 1 is 1.14 bits per heavy atom. The SMILES string of the molecule is O=C(NCc1ccc(Cl)cc1)C1CCCN(C(=O)Cc2c[nH]c3ccccc23)C1. The first-order valence-corrected chi connectivity index (χ1v) is 10.3. The van der Waals surface area contributed by atoms with Crippen molar-refractivity contribution >= 4 is 34.3 Å². The standard InChI is InChI=1S/C23H24ClN3O2/c24-19-9-7-16(8-10-19)13-26-23(29)17-4-3-11-27(15-17)22(28)12-18-14-25-21-6-2-1-5-20(18)21/h1-2,5-10,14,17,25H,3-4,11-13,15H2,(H,26,29). The molecule has 1 unspecified atom stereocenters. The number of halogens is 1. The van der Waals surface area contributed by atoms with Gasteiger partial charge in [0, 0.05) is 41.8 Å². The number of amides is 2. The normalized spacial score (nSPS) is 16.7. The zero-order valence-corrected chi connectivity index (χ0v) is 16.9. The monoisotopic (exact) mass is 409 g/mol. The number of fused-ring (bicyclic) bond motifs is 1. The second kappa shape index (κ2) is 8.70. The number of aromatic nitrogens is 1. The van der Waals surface area contributed by atoms with Gasteiger partial charge >= 0.3 is 0 Å². The number of aromatic amines is 1. The maximum atomic E-state index is 12.9. The number of carbonyl (C=O) groups is 2. The van der Waals surface area contributed by atoms with Gasteiger partial charge < -0.3 is 15.2 Å². The lowest BCUT2D eigenvalue weighted by molar-refractivity contribution is -0.135. The van der Waals surface area contributed by atoms with Gasteiger partial charge in [0.2, 0.25) is 11.8 Å². The Labute approximate surface area is 175 Å². The first-order chi connectivity index (χ1) is 14.1. The molecule has 1 aromatic heterocycles. The van der Waals surface area contributed by atoms with Gasteiger partial charge in [0.1, 0.15) is 0 Å². The molecular formula is C23H24ClN3O2. The number of likely N-dealkylation sites (tertiary alicyclic amines) is 1. The van der Waals surface area contributed by atoms with Crippen LogP contribution in [0.3, 0.4) is 0 Å². The highest BCUT2D eigenvalue weighted by Crippen LogP contribution is 2.21. The van der Waals surface area contributed by atoms with E-state index in [-0.39, 0.29) is 17.7 Å². The van der Waals surface area contributed by atoms with Crippen LogP contribution in [0.5, 0.6) is 0 Å². The fourth-order valence-electron chi connectivity index (χ4n) is 3.91. The van der Waals surface area contributed by atoms with E-state index in [1.54, 1.807) is 0 Å². The molecule has 29 heavy (non-hydrogen) atoms. The fourth-order valence-corrected chi connectivity index (χ4v) is 4.03. The summed E-state index contributed by atoms with van der Waals surface area (Å²) in [5, 5.41) is 4.75. The maximum absolute atomic E-state index is 12.9. The van der Waals surface area contributed by atoms with Crippen LogP contribution in [0.25, 0.3) is 10.9 Å². The molecule has 1 aliphatic heterocycles. The lowest BCUT2D eigenvalue weighted by Gasteiger charge is -2.32. The summed E-state index contributed by atoms with van der Waals surface area (Å²) in [6, 6.07) is 15.4. The Balaban J connectivity index is 1.34. The molecule has 2 aromatic carbocycles. The Morgan fingerprint density at radius 3 is 2.76 bits per heavy atom. The highest BCUT2D eigenvalue weighted by molar-refractivity contribution is 6.30. The number of para-hydroxylation sites is 1. The van der Waals surface area contributed by atoms with E-state index in [0.29, 0.717) is 31.1 Å². The van der Waals surface area contributed by atoms with Crippen LogP contribution in [0.15, 0.2) is 54.7 Å². The molecule has 0 aliphatic carbocycles. The van der Waals surface area contributed by atoms with Crippen LogP contribution in [0.1, 0.15) is 24.0 Å². The van der Waals surface area contributed by atoms with E-state index < -0.39 is 0 Å². The number of piperidine rings is 1. The third-order valence-electron chi connectivity index (χ3n) is 5.54. The fraction of sp³-hybridized carbons (Fsp3) is 0.304. The van der Waals surface area contributed by atoms with Crippen LogP contribution in [-0.2, 0) is 22.6 Å². The molecule has 3 aromatic rings. The summed E-state index contributed by atoms with van der Waals surface area (Å²) in [6.45, 7) is 1.66. The number of nitrogens with one attached hydrogen (secondary N) is 2. The molecule has 6 heteroatoms. The van der Waals surface area contributed by atoms with E-state index in [1.807, 2.05) is 59.6 Å². The van der Waals surface area contributed by atoms with Gasteiger partial charge in [-0.1, -0.05) is 41.9 Å². The molecule has 150 valence electrons. The third-order valence-corrected chi connectivity index (χ3v) is 5.79. The van der Waals surface area contributed by atoms with E-state index in [2.05, 4.69) is 10.3 Å². The third kappa shape index (κ3) is 4.62. The predicted molar refractivity (Wildman–Crippen MR) is 115 cm³/mol. The summed E-state index contributed by atoms with van der Waals surface area (Å²) in [6.07, 6.45) is 3.91. The molecule has 0 bridgehead atoms. The highest BCUT2D eigenvalue weighted by Gasteiger charge is 2.28. The number of rotatable bonds is 5. The summed E-state index contributed by atoms with van der Waals surface area (Å²) >= 11 is 5.90. The first kappa shape index (κ1) is 19.5. The predicted octanol–water partition coefficient (Wildman–Crippen LogP) is 3.92. The topological polar surface area (TPSA) is 65.2 Å². The van der Waals surface area contributed by atoms with Crippen molar-refractivity contribution in [2.75, 3.05) is 13.1 Å². The van der Waals surface area contributed by atoms with Crippen molar-refractivity contribution in [2.24, 2.45) is 5.92 Å². The van der Waals surface area contributed by atoms with Crippen LogP contribution in [0, 0.1) is 5.92 Å². The van der Waals surface area contributed by atoms with Gasteiger partial charge in [-0.05, 0) is 42.2 Å². The van der Waals surface area contributed by atoms with Gasteiger partial charge in [0.15, 0.2) is 0 Å². The van der Waals surface area contributed by atoms with Crippen LogP contribution in [0.4, 0.5) is 0 Å². The van der Waals surface area contributed by atoms with Gasteiger partial charge in [-0.3, -0.25) is 9.59 Å². The molecule has 5 nitrogen and oxygen atoms in total. The minimum absolute atomic E-state index is 0.00421. The van der Waals surface area contributed by atoms with Crippen molar-refractivity contribution in [3.05, 3.63) is 70.9 Å². The van der Waals surface area contributed by atoms with Gasteiger partial charge in [-0.25, -0.2) is 0 Å². The highest BCUT2D eigenvalue weighted by atomic mass is 35.5. The van der Waals surface area contributed by atoms with Crippen LogP contribution in [0.2, 0.25) is 5.02 Å². The van der Waals surface area contributed by atoms with E-state index in [9.17, 15) is 9.59 Å². The van der Waals surface area contributed by atoms with E-state index >= 15 is 0 Å². The number of H-pyrrole nitrogens is 1. The van der Waals surface area contributed by atoms with Gasteiger partial charge in [-0.15, -0.1) is 0 Å². The maximum Gasteiger partial charge on any atom is 0.227 e. The molecule has 4 rings (SSSR count). The quantitative estimate of drug-likeness (QED) is 0.670. The Bertz CT molecular complexity index is 1010. The number of hydrogen-bond acceptors (Lipinski definition) is 2. The summed E-state index contributed by atoms with van der Waals surface area (Å²) < 4.78 is 0. The second-order valence-electron chi connectivity index (χ2n) is 7.56. The van der Waals surface area contributed by atoms with Gasteiger partial charge in [-0.2, -0.15) is 0 Å². The number of carbonyl (C=O) groups excluding carboxylic acids is 2. The van der Waals surface area contributed by atoms with Crippen LogP contribution < -0.4 is 5.32 Å². The van der Waals surface area contributed by atoms with Crippen molar-refractivity contribution in [1.29, 1.82) is 0 Å². The molecule has 1 saturated heterocycles. The van der Waals surface area contributed by atoms with E-state index in [0.717, 1.165) is 34.9 Å². The first-order valence-electron chi connectivity index (χ1n) is 9.95. The van der Waals surface area contributed by atoms with E-state index in [4.69, 9.17) is 11.6 Å². The van der Waals surface area contributed by atoms with Crippen molar-refractivity contribution in [1.82, 2.24) is 15.2 Å². The largest absolute Gasteiger partial charge is 0.361 e. The molecule has 0 saturated carbocycles. The number of hydrogen-bond donors (Lipinski definition) is 2. The molecular weight excluding hydrogens is 386 g/mol. The van der Waals surface area contributed by atoms with Crippen LogP contribution >= 0.6 is 11.6 Å². The summed E-state index contributed by atoms with van der Waals surface area (Å²) in [5.74, 6) is -0.0857. The summed E-state index contributed by atoms with van der Waals surface area (Å²) in [7, 11) is 0. The van der Waals surface area contributed by atoms with Crippen molar-refractivity contribution < 1.29 is 9.59 Å². The van der Waals surface area contributed by atoms with Crippen molar-refractivity contribution in [3.8, 4) is 0 Å². The minimum atomic E-state index is -0.164. The second-order valence-corrected chi connectivity index (χ2v) is 8.00. The van der Waals surface area contributed by atoms with Gasteiger partial charge in [0.25, 0.3) is 0 Å². The van der Waals surface area contributed by atoms with Crippen molar-refractivity contribution in [2.45, 2.75) is 25.8 Å². The summed E-state index contributed by atoms with van der Waals surface area (Å²) in [4.78, 5) is 30.5. The molecule has 2 amide bonds. The Hall–Kier alpha value is -2.79. The van der Waals surface area contributed by atoms with Crippen LogP contribution in [-0.4, -0.2) is 34.8 Å². The smallest absolute Gasteiger partial charge is 0.227 e.